The summed E-state index contributed by atoms with van der Waals surface area (Å²) >= 11 is 0. The summed E-state index contributed by atoms with van der Waals surface area (Å²) in [5.74, 6) is 0.998. The van der Waals surface area contributed by atoms with Crippen LogP contribution in [0.1, 0.15) is 28.1 Å². The van der Waals surface area contributed by atoms with Gasteiger partial charge in [-0.25, -0.2) is 13.4 Å². The van der Waals surface area contributed by atoms with Crippen LogP contribution >= 0.6 is 0 Å². The zero-order chi connectivity index (χ0) is 25.3. The number of hydrogen-bond acceptors (Lipinski definition) is 3. The highest BCUT2D eigenvalue weighted by Crippen LogP contribution is 2.25. The SMILES string of the molecule is Cc1cc(C)c(S(=O)(=O)Nc2ccc(CCc3nc4ccccc4n3-c3ccccc3)cc2)cc1C. The van der Waals surface area contributed by atoms with Crippen molar-refractivity contribution in [2.75, 3.05) is 4.72 Å². The van der Waals surface area contributed by atoms with E-state index in [4.69, 9.17) is 4.98 Å². The number of fused-ring (bicyclic) bond motifs is 1. The fraction of sp³-hybridized carbons (Fsp3) is 0.167. The Hall–Kier alpha value is -3.90. The Labute approximate surface area is 212 Å². The lowest BCUT2D eigenvalue weighted by Crippen LogP contribution is -2.14. The van der Waals surface area contributed by atoms with Crippen LogP contribution in [0.25, 0.3) is 16.7 Å². The van der Waals surface area contributed by atoms with E-state index in [1.54, 1.807) is 6.07 Å². The first-order chi connectivity index (χ1) is 17.3. The fourth-order valence-electron chi connectivity index (χ4n) is 4.54. The number of imidazole rings is 1. The van der Waals surface area contributed by atoms with Crippen molar-refractivity contribution < 1.29 is 8.42 Å². The highest BCUT2D eigenvalue weighted by molar-refractivity contribution is 7.92. The predicted octanol–water partition coefficient (Wildman–Crippen LogP) is 6.54. The van der Waals surface area contributed by atoms with Gasteiger partial charge in [-0.3, -0.25) is 9.29 Å². The van der Waals surface area contributed by atoms with Gasteiger partial charge in [0, 0.05) is 17.8 Å². The van der Waals surface area contributed by atoms with Gasteiger partial charge in [0.2, 0.25) is 0 Å². The molecule has 0 atom stereocenters. The number of anilines is 1. The van der Waals surface area contributed by atoms with Crippen LogP contribution in [0, 0.1) is 20.8 Å². The maximum atomic E-state index is 13.0. The number of para-hydroxylation sites is 3. The molecule has 6 heteroatoms. The highest BCUT2D eigenvalue weighted by Gasteiger charge is 2.18. The number of sulfonamides is 1. The molecule has 5 aromatic rings. The minimum absolute atomic E-state index is 0.314. The van der Waals surface area contributed by atoms with Gasteiger partial charge in [0.05, 0.1) is 15.9 Å². The van der Waals surface area contributed by atoms with E-state index in [-0.39, 0.29) is 0 Å². The lowest BCUT2D eigenvalue weighted by Gasteiger charge is -2.13. The number of nitrogens with zero attached hydrogens (tertiary/aromatic N) is 2. The second-order valence-corrected chi connectivity index (χ2v) is 10.8. The maximum absolute atomic E-state index is 13.0. The average Bonchev–Trinajstić information content (AvgIpc) is 3.24. The van der Waals surface area contributed by atoms with Gasteiger partial charge in [-0.2, -0.15) is 0 Å². The first kappa shape index (κ1) is 23.8. The van der Waals surface area contributed by atoms with Gasteiger partial charge in [0.1, 0.15) is 5.82 Å². The number of aromatic nitrogens is 2. The molecule has 4 aromatic carbocycles. The van der Waals surface area contributed by atoms with Gasteiger partial charge in [-0.05, 0) is 91.9 Å². The summed E-state index contributed by atoms with van der Waals surface area (Å²) < 4.78 is 31.0. The fourth-order valence-corrected chi connectivity index (χ4v) is 5.91. The number of benzene rings is 4. The molecule has 0 amide bonds. The summed E-state index contributed by atoms with van der Waals surface area (Å²) in [6.07, 6.45) is 1.55. The van der Waals surface area contributed by atoms with Gasteiger partial charge in [0.25, 0.3) is 10.0 Å². The maximum Gasteiger partial charge on any atom is 0.262 e. The molecule has 182 valence electrons. The summed E-state index contributed by atoms with van der Waals surface area (Å²) in [6.45, 7) is 5.74. The molecule has 5 nitrogen and oxygen atoms in total. The third kappa shape index (κ3) is 4.77. The summed E-state index contributed by atoms with van der Waals surface area (Å²) in [6, 6.07) is 29.7. The second kappa shape index (κ2) is 9.63. The van der Waals surface area contributed by atoms with Crippen LogP contribution in [0.5, 0.6) is 0 Å². The summed E-state index contributed by atoms with van der Waals surface area (Å²) in [5.41, 5.74) is 7.60. The van der Waals surface area contributed by atoms with Crippen molar-refractivity contribution >= 4 is 26.7 Å². The minimum Gasteiger partial charge on any atom is -0.296 e. The van der Waals surface area contributed by atoms with Crippen LogP contribution < -0.4 is 4.72 Å². The zero-order valence-corrected chi connectivity index (χ0v) is 21.5. The highest BCUT2D eigenvalue weighted by atomic mass is 32.2. The Morgan fingerprint density at radius 1 is 0.750 bits per heavy atom. The number of hydrogen-bond donors (Lipinski definition) is 1. The summed E-state index contributed by atoms with van der Waals surface area (Å²) in [5, 5.41) is 0. The largest absolute Gasteiger partial charge is 0.296 e. The standard InChI is InChI=1S/C30H29N3O2S/c1-21-19-23(3)29(20-22(21)2)36(34,35)32-25-16-13-24(14-17-25)15-18-30-31-27-11-7-8-12-28(27)33(30)26-9-5-4-6-10-26/h4-14,16-17,19-20,32H,15,18H2,1-3H3. The second-order valence-electron chi connectivity index (χ2n) is 9.19. The van der Waals surface area contributed by atoms with Crippen molar-refractivity contribution in [3.63, 3.8) is 0 Å². The first-order valence-corrected chi connectivity index (χ1v) is 13.5. The van der Waals surface area contributed by atoms with Crippen molar-refractivity contribution in [2.24, 2.45) is 0 Å². The van der Waals surface area contributed by atoms with E-state index < -0.39 is 10.0 Å². The Bertz CT molecular complexity index is 1640. The number of aryl methyl sites for hydroxylation is 5. The molecule has 0 aliphatic carbocycles. The minimum atomic E-state index is -3.67. The molecule has 36 heavy (non-hydrogen) atoms. The topological polar surface area (TPSA) is 64.0 Å². The van der Waals surface area contributed by atoms with Crippen molar-refractivity contribution in [2.45, 2.75) is 38.5 Å². The molecule has 0 saturated carbocycles. The van der Waals surface area contributed by atoms with Crippen LogP contribution in [0.2, 0.25) is 0 Å². The van der Waals surface area contributed by atoms with E-state index >= 15 is 0 Å². The Morgan fingerprint density at radius 2 is 1.42 bits per heavy atom. The van der Waals surface area contributed by atoms with Crippen LogP contribution in [-0.4, -0.2) is 18.0 Å². The zero-order valence-electron chi connectivity index (χ0n) is 20.7. The smallest absolute Gasteiger partial charge is 0.262 e. The molecule has 5 rings (SSSR count). The molecule has 1 heterocycles. The molecule has 0 fully saturated rings. The molecule has 1 N–H and O–H groups in total. The van der Waals surface area contributed by atoms with E-state index in [0.29, 0.717) is 10.6 Å². The van der Waals surface area contributed by atoms with Crippen molar-refractivity contribution in [1.29, 1.82) is 0 Å². The third-order valence-electron chi connectivity index (χ3n) is 6.57. The van der Waals surface area contributed by atoms with Gasteiger partial charge in [-0.1, -0.05) is 48.5 Å². The molecule has 0 radical (unpaired) electrons. The number of rotatable bonds is 7. The van der Waals surface area contributed by atoms with Crippen molar-refractivity contribution in [3.8, 4) is 5.69 Å². The lowest BCUT2D eigenvalue weighted by atomic mass is 10.1. The van der Waals surface area contributed by atoms with Crippen molar-refractivity contribution in [1.82, 2.24) is 9.55 Å². The van der Waals surface area contributed by atoms with Gasteiger partial charge < -0.3 is 0 Å². The molecule has 0 spiro atoms. The molecule has 0 aliphatic rings. The first-order valence-electron chi connectivity index (χ1n) is 12.0. The summed E-state index contributed by atoms with van der Waals surface area (Å²) in [4.78, 5) is 5.21. The molecular weight excluding hydrogens is 466 g/mol. The van der Waals surface area contributed by atoms with E-state index in [0.717, 1.165) is 57.6 Å². The van der Waals surface area contributed by atoms with Gasteiger partial charge >= 0.3 is 0 Å². The lowest BCUT2D eigenvalue weighted by molar-refractivity contribution is 0.600. The third-order valence-corrected chi connectivity index (χ3v) is 8.09. The van der Waals surface area contributed by atoms with E-state index in [2.05, 4.69) is 27.5 Å². The molecule has 0 saturated heterocycles. The van der Waals surface area contributed by atoms with Gasteiger partial charge in [-0.15, -0.1) is 0 Å². The predicted molar refractivity (Wildman–Crippen MR) is 146 cm³/mol. The van der Waals surface area contributed by atoms with Crippen LogP contribution in [0.3, 0.4) is 0 Å². The molecular formula is C30H29N3O2S. The molecule has 1 aromatic heterocycles. The van der Waals surface area contributed by atoms with Crippen molar-refractivity contribution in [3.05, 3.63) is 119 Å². The monoisotopic (exact) mass is 495 g/mol. The normalized spacial score (nSPS) is 11.6. The van der Waals surface area contributed by atoms with Crippen LogP contribution in [-0.2, 0) is 22.9 Å². The quantitative estimate of drug-likeness (QED) is 0.279. The average molecular weight is 496 g/mol. The Kier molecular flexibility index (Phi) is 6.37. The Balaban J connectivity index is 1.34. The molecule has 0 aliphatic heterocycles. The van der Waals surface area contributed by atoms with Gasteiger partial charge in [0.15, 0.2) is 0 Å². The number of nitrogens with one attached hydrogen (secondary N) is 1. The van der Waals surface area contributed by atoms with Crippen LogP contribution in [0.15, 0.2) is 95.9 Å². The van der Waals surface area contributed by atoms with E-state index in [1.165, 1.54) is 0 Å². The van der Waals surface area contributed by atoms with Crippen LogP contribution in [0.4, 0.5) is 5.69 Å². The summed E-state index contributed by atoms with van der Waals surface area (Å²) in [7, 11) is -3.67. The molecule has 0 bridgehead atoms. The molecule has 0 unspecified atom stereocenters. The van der Waals surface area contributed by atoms with E-state index in [9.17, 15) is 8.42 Å². The Morgan fingerprint density at radius 3 is 2.17 bits per heavy atom. The van der Waals surface area contributed by atoms with E-state index in [1.807, 2.05) is 87.5 Å².